The molecule has 0 bridgehead atoms. The third-order valence-electron chi connectivity index (χ3n) is 2.24. The van der Waals surface area contributed by atoms with Gasteiger partial charge in [0.25, 0.3) is 0 Å². The molecule has 0 saturated carbocycles. The molecule has 4 N–H and O–H groups in total. The van der Waals surface area contributed by atoms with Crippen LogP contribution >= 0.6 is 11.3 Å². The molecule has 4 nitrogen and oxygen atoms in total. The molecule has 0 amide bonds. The summed E-state index contributed by atoms with van der Waals surface area (Å²) in [5, 5.41) is 19.4. The molecule has 0 spiro atoms. The summed E-state index contributed by atoms with van der Waals surface area (Å²) in [7, 11) is 1.85. The fourth-order valence-electron chi connectivity index (χ4n) is 1.49. The SMILES string of the molecule is Cn1ccc2sc(C(O)CN)c(O)c21. The van der Waals surface area contributed by atoms with Crippen LogP contribution in [0.5, 0.6) is 5.75 Å². The summed E-state index contributed by atoms with van der Waals surface area (Å²) in [4.78, 5) is 0.550. The second-order valence-corrected chi connectivity index (χ2v) is 4.29. The number of fused-ring (bicyclic) bond motifs is 1. The summed E-state index contributed by atoms with van der Waals surface area (Å²) < 4.78 is 2.79. The number of rotatable bonds is 2. The van der Waals surface area contributed by atoms with Crippen molar-refractivity contribution in [2.24, 2.45) is 12.8 Å². The van der Waals surface area contributed by atoms with Crippen molar-refractivity contribution >= 4 is 21.6 Å². The van der Waals surface area contributed by atoms with Crippen LogP contribution in [-0.2, 0) is 7.05 Å². The molecule has 0 aromatic carbocycles. The normalized spacial score (nSPS) is 13.6. The van der Waals surface area contributed by atoms with Crippen molar-refractivity contribution < 1.29 is 10.2 Å². The molecule has 5 heteroatoms. The fourth-order valence-corrected chi connectivity index (χ4v) is 2.62. The highest BCUT2D eigenvalue weighted by Crippen LogP contribution is 2.40. The Hall–Kier alpha value is -1.04. The lowest BCUT2D eigenvalue weighted by Crippen LogP contribution is -2.10. The maximum absolute atomic E-state index is 9.83. The second kappa shape index (κ2) is 3.27. The summed E-state index contributed by atoms with van der Waals surface area (Å²) in [6.45, 7) is 0.125. The molecule has 0 aliphatic carbocycles. The highest BCUT2D eigenvalue weighted by Gasteiger charge is 2.18. The highest BCUT2D eigenvalue weighted by molar-refractivity contribution is 7.19. The Kier molecular flexibility index (Phi) is 2.22. The smallest absolute Gasteiger partial charge is 0.156 e. The first-order valence-corrected chi connectivity index (χ1v) is 5.11. The Morgan fingerprint density at radius 3 is 2.93 bits per heavy atom. The molecule has 0 fully saturated rings. The van der Waals surface area contributed by atoms with Crippen molar-refractivity contribution in [3.8, 4) is 5.75 Å². The molecule has 1 unspecified atom stereocenters. The molecular formula is C9H12N2O2S. The third-order valence-corrected chi connectivity index (χ3v) is 3.47. The summed E-state index contributed by atoms with van der Waals surface area (Å²) in [6, 6.07) is 1.91. The predicted octanol–water partition coefficient (Wildman–Crippen LogP) is 0.937. The molecule has 0 aliphatic rings. The molecule has 2 heterocycles. The van der Waals surface area contributed by atoms with E-state index in [9.17, 15) is 10.2 Å². The largest absolute Gasteiger partial charge is 0.505 e. The topological polar surface area (TPSA) is 71.4 Å². The molecular weight excluding hydrogens is 200 g/mol. The maximum Gasteiger partial charge on any atom is 0.156 e. The van der Waals surface area contributed by atoms with Gasteiger partial charge in [-0.15, -0.1) is 11.3 Å². The van der Waals surface area contributed by atoms with Crippen molar-refractivity contribution in [2.45, 2.75) is 6.10 Å². The van der Waals surface area contributed by atoms with Crippen molar-refractivity contribution in [2.75, 3.05) is 6.54 Å². The van der Waals surface area contributed by atoms with E-state index in [1.165, 1.54) is 11.3 Å². The van der Waals surface area contributed by atoms with Crippen molar-refractivity contribution in [3.05, 3.63) is 17.1 Å². The van der Waals surface area contributed by atoms with E-state index in [0.29, 0.717) is 4.88 Å². The number of nitrogens with two attached hydrogens (primary N) is 1. The first-order valence-electron chi connectivity index (χ1n) is 4.30. The Bertz CT molecular complexity index is 461. The number of aromatic hydroxyl groups is 1. The quantitative estimate of drug-likeness (QED) is 0.693. The summed E-state index contributed by atoms with van der Waals surface area (Å²) in [5.41, 5.74) is 6.10. The molecule has 0 saturated heterocycles. The number of aryl methyl sites for hydroxylation is 1. The lowest BCUT2D eigenvalue weighted by atomic mass is 10.2. The van der Waals surface area contributed by atoms with Gasteiger partial charge in [0.2, 0.25) is 0 Å². The van der Waals surface area contributed by atoms with Gasteiger partial charge in [-0.2, -0.15) is 0 Å². The molecule has 0 radical (unpaired) electrons. The average molecular weight is 212 g/mol. The summed E-state index contributed by atoms with van der Waals surface area (Å²) in [5.74, 6) is 0.149. The predicted molar refractivity (Wildman–Crippen MR) is 56.5 cm³/mol. The van der Waals surface area contributed by atoms with E-state index in [-0.39, 0.29) is 12.3 Å². The van der Waals surface area contributed by atoms with Crippen molar-refractivity contribution in [1.82, 2.24) is 4.57 Å². The number of nitrogens with zero attached hydrogens (tertiary/aromatic N) is 1. The van der Waals surface area contributed by atoms with E-state index in [4.69, 9.17) is 5.73 Å². The Labute approximate surface area is 85.2 Å². The van der Waals surface area contributed by atoms with Crippen LogP contribution in [-0.4, -0.2) is 21.3 Å². The van der Waals surface area contributed by atoms with Crippen LogP contribution in [0.15, 0.2) is 12.3 Å². The van der Waals surface area contributed by atoms with E-state index >= 15 is 0 Å². The zero-order valence-corrected chi connectivity index (χ0v) is 8.58. The highest BCUT2D eigenvalue weighted by atomic mass is 32.1. The van der Waals surface area contributed by atoms with E-state index in [1.54, 1.807) is 0 Å². The molecule has 14 heavy (non-hydrogen) atoms. The number of hydrogen-bond donors (Lipinski definition) is 3. The van der Waals surface area contributed by atoms with Gasteiger partial charge in [-0.3, -0.25) is 0 Å². The zero-order valence-electron chi connectivity index (χ0n) is 7.77. The van der Waals surface area contributed by atoms with Crippen LogP contribution in [0, 0.1) is 0 Å². The number of hydrogen-bond acceptors (Lipinski definition) is 4. The molecule has 1 atom stereocenters. The molecule has 76 valence electrons. The van der Waals surface area contributed by atoms with Crippen LogP contribution in [0.1, 0.15) is 11.0 Å². The van der Waals surface area contributed by atoms with E-state index in [0.717, 1.165) is 10.2 Å². The Morgan fingerprint density at radius 2 is 2.36 bits per heavy atom. The van der Waals surface area contributed by atoms with Crippen LogP contribution in [0.2, 0.25) is 0 Å². The van der Waals surface area contributed by atoms with Gasteiger partial charge in [0, 0.05) is 19.8 Å². The molecule has 2 aromatic rings. The Morgan fingerprint density at radius 1 is 1.64 bits per heavy atom. The maximum atomic E-state index is 9.83. The zero-order chi connectivity index (χ0) is 10.3. The lowest BCUT2D eigenvalue weighted by molar-refractivity contribution is 0.187. The monoisotopic (exact) mass is 212 g/mol. The van der Waals surface area contributed by atoms with Crippen molar-refractivity contribution in [3.63, 3.8) is 0 Å². The van der Waals surface area contributed by atoms with Crippen LogP contribution in [0.4, 0.5) is 0 Å². The summed E-state index contributed by atoms with van der Waals surface area (Å²) >= 11 is 1.38. The van der Waals surface area contributed by atoms with Gasteiger partial charge in [0.05, 0.1) is 9.58 Å². The first kappa shape index (κ1) is 9.51. The number of thiophene rings is 1. The first-order chi connectivity index (χ1) is 6.65. The number of aliphatic hydroxyl groups excluding tert-OH is 1. The van der Waals surface area contributed by atoms with Gasteiger partial charge in [0.15, 0.2) is 5.75 Å². The van der Waals surface area contributed by atoms with Gasteiger partial charge in [-0.05, 0) is 6.07 Å². The van der Waals surface area contributed by atoms with Crippen LogP contribution < -0.4 is 5.73 Å². The Balaban J connectivity index is 2.63. The van der Waals surface area contributed by atoms with Gasteiger partial charge in [0.1, 0.15) is 11.6 Å². The van der Waals surface area contributed by atoms with Crippen LogP contribution in [0.25, 0.3) is 10.2 Å². The third kappa shape index (κ3) is 1.21. The summed E-state index contributed by atoms with van der Waals surface area (Å²) in [6.07, 6.45) is 1.10. The minimum Gasteiger partial charge on any atom is -0.505 e. The van der Waals surface area contributed by atoms with E-state index < -0.39 is 6.10 Å². The number of aromatic nitrogens is 1. The second-order valence-electron chi connectivity index (χ2n) is 3.21. The van der Waals surface area contributed by atoms with Gasteiger partial charge in [-0.25, -0.2) is 0 Å². The minimum absolute atomic E-state index is 0.125. The van der Waals surface area contributed by atoms with Crippen molar-refractivity contribution in [1.29, 1.82) is 0 Å². The van der Waals surface area contributed by atoms with Gasteiger partial charge >= 0.3 is 0 Å². The minimum atomic E-state index is -0.771. The van der Waals surface area contributed by atoms with E-state index in [2.05, 4.69) is 0 Å². The van der Waals surface area contributed by atoms with Gasteiger partial charge < -0.3 is 20.5 Å². The fraction of sp³-hybridized carbons (Fsp3) is 0.333. The molecule has 0 aliphatic heterocycles. The molecule has 2 aromatic heterocycles. The molecule has 2 rings (SSSR count). The average Bonchev–Trinajstić information content (AvgIpc) is 2.68. The van der Waals surface area contributed by atoms with Gasteiger partial charge in [-0.1, -0.05) is 0 Å². The lowest BCUT2D eigenvalue weighted by Gasteiger charge is -2.04. The standard InChI is InChI=1S/C9H12N2O2S/c1-11-3-2-6-7(11)8(13)9(14-6)5(12)4-10/h2-3,5,12-13H,4,10H2,1H3. The number of aliphatic hydroxyl groups is 1. The van der Waals surface area contributed by atoms with Crippen LogP contribution in [0.3, 0.4) is 0 Å². The van der Waals surface area contributed by atoms with E-state index in [1.807, 2.05) is 23.9 Å².